The Kier molecular flexibility index (Phi) is 4.39. The third kappa shape index (κ3) is 4.02. The fraction of sp³-hybridized carbons (Fsp3) is 0.500. The van der Waals surface area contributed by atoms with Crippen LogP contribution < -0.4 is 10.6 Å². The van der Waals surface area contributed by atoms with Crippen LogP contribution in [-0.2, 0) is 11.3 Å². The van der Waals surface area contributed by atoms with E-state index in [9.17, 15) is 4.79 Å². The van der Waals surface area contributed by atoms with E-state index in [0.717, 1.165) is 30.0 Å². The summed E-state index contributed by atoms with van der Waals surface area (Å²) in [5.74, 6) is 0.558. The van der Waals surface area contributed by atoms with Gasteiger partial charge in [-0.25, -0.2) is 4.98 Å². The zero-order chi connectivity index (χ0) is 12.1. The fourth-order valence-electron chi connectivity index (χ4n) is 1.51. The van der Waals surface area contributed by atoms with Crippen LogP contribution in [0.4, 0.5) is 0 Å². The molecular weight excluding hydrogens is 234 g/mol. The summed E-state index contributed by atoms with van der Waals surface area (Å²) in [7, 11) is 1.90. The molecule has 0 spiro atoms. The van der Waals surface area contributed by atoms with Gasteiger partial charge in [-0.2, -0.15) is 0 Å². The lowest BCUT2D eigenvalue weighted by atomic mass is 10.3. The van der Waals surface area contributed by atoms with Gasteiger partial charge in [0.05, 0.1) is 5.75 Å². The van der Waals surface area contributed by atoms with Gasteiger partial charge < -0.3 is 10.6 Å². The molecule has 0 saturated heterocycles. The molecule has 4 nitrogen and oxygen atoms in total. The number of aromatic nitrogens is 1. The average Bonchev–Trinajstić information content (AvgIpc) is 3.12. The Morgan fingerprint density at radius 1 is 1.59 bits per heavy atom. The van der Waals surface area contributed by atoms with Crippen molar-refractivity contribution in [1.29, 1.82) is 0 Å². The number of amides is 1. The van der Waals surface area contributed by atoms with Gasteiger partial charge in [0.25, 0.3) is 0 Å². The van der Waals surface area contributed by atoms with Crippen molar-refractivity contribution >= 4 is 17.7 Å². The maximum atomic E-state index is 11.6. The zero-order valence-electron chi connectivity index (χ0n) is 9.90. The Morgan fingerprint density at radius 2 is 2.41 bits per heavy atom. The maximum absolute atomic E-state index is 11.6. The first-order valence-corrected chi connectivity index (χ1v) is 6.79. The molecule has 1 aromatic heterocycles. The molecule has 2 rings (SSSR count). The molecule has 1 amide bonds. The second-order valence-electron chi connectivity index (χ2n) is 4.13. The summed E-state index contributed by atoms with van der Waals surface area (Å²) < 4.78 is 0. The van der Waals surface area contributed by atoms with Crippen molar-refractivity contribution in [1.82, 2.24) is 15.6 Å². The minimum absolute atomic E-state index is 0.110. The molecular formula is C12H17N3OS. The van der Waals surface area contributed by atoms with Crippen LogP contribution in [0, 0.1) is 0 Å². The molecule has 0 atom stereocenters. The topological polar surface area (TPSA) is 54.0 Å². The van der Waals surface area contributed by atoms with Crippen LogP contribution in [0.15, 0.2) is 23.4 Å². The van der Waals surface area contributed by atoms with Gasteiger partial charge in [-0.1, -0.05) is 17.8 Å². The second-order valence-corrected chi connectivity index (χ2v) is 5.09. The summed E-state index contributed by atoms with van der Waals surface area (Å²) in [5, 5.41) is 7.01. The van der Waals surface area contributed by atoms with Crippen LogP contribution in [0.25, 0.3) is 0 Å². The fourth-order valence-corrected chi connectivity index (χ4v) is 2.32. The summed E-state index contributed by atoms with van der Waals surface area (Å²) in [4.78, 5) is 15.9. The Labute approximate surface area is 106 Å². The Bertz CT molecular complexity index is 393. The summed E-state index contributed by atoms with van der Waals surface area (Å²) >= 11 is 1.50. The normalized spacial score (nSPS) is 14.6. The third-order valence-corrected chi connectivity index (χ3v) is 3.55. The standard InChI is InChI=1S/C12H17N3OS/c1-13-7-9-3-2-6-14-12(9)17-8-11(16)15-10-4-5-10/h2-3,6,10,13H,4-5,7-8H2,1H3,(H,15,16). The largest absolute Gasteiger partial charge is 0.353 e. The van der Waals surface area contributed by atoms with E-state index < -0.39 is 0 Å². The zero-order valence-corrected chi connectivity index (χ0v) is 10.7. The molecule has 1 saturated carbocycles. The minimum atomic E-state index is 0.110. The van der Waals surface area contributed by atoms with Crippen molar-refractivity contribution < 1.29 is 4.79 Å². The summed E-state index contributed by atoms with van der Waals surface area (Å²) in [6.07, 6.45) is 4.02. The predicted octanol–water partition coefficient (Wildman–Crippen LogP) is 1.17. The highest BCUT2D eigenvalue weighted by Gasteiger charge is 2.23. The van der Waals surface area contributed by atoms with E-state index in [1.54, 1.807) is 6.20 Å². The van der Waals surface area contributed by atoms with E-state index in [0.29, 0.717) is 11.8 Å². The van der Waals surface area contributed by atoms with Crippen molar-refractivity contribution in [2.45, 2.75) is 30.5 Å². The molecule has 1 aromatic rings. The number of hydrogen-bond donors (Lipinski definition) is 2. The molecule has 17 heavy (non-hydrogen) atoms. The molecule has 2 N–H and O–H groups in total. The van der Waals surface area contributed by atoms with E-state index in [1.165, 1.54) is 11.8 Å². The Morgan fingerprint density at radius 3 is 3.12 bits per heavy atom. The molecule has 1 fully saturated rings. The van der Waals surface area contributed by atoms with Gasteiger partial charge in [0.2, 0.25) is 5.91 Å². The molecule has 1 aliphatic carbocycles. The number of rotatable bonds is 6. The van der Waals surface area contributed by atoms with Crippen molar-refractivity contribution in [3.05, 3.63) is 23.9 Å². The second kappa shape index (κ2) is 6.02. The molecule has 1 heterocycles. The maximum Gasteiger partial charge on any atom is 0.230 e. The summed E-state index contributed by atoms with van der Waals surface area (Å²) in [6, 6.07) is 4.38. The molecule has 92 valence electrons. The first-order valence-electron chi connectivity index (χ1n) is 5.80. The number of pyridine rings is 1. The van der Waals surface area contributed by atoms with Crippen molar-refractivity contribution in [2.75, 3.05) is 12.8 Å². The van der Waals surface area contributed by atoms with Crippen LogP contribution in [0.3, 0.4) is 0 Å². The van der Waals surface area contributed by atoms with Crippen LogP contribution in [0.5, 0.6) is 0 Å². The smallest absolute Gasteiger partial charge is 0.230 e. The number of hydrogen-bond acceptors (Lipinski definition) is 4. The highest BCUT2D eigenvalue weighted by molar-refractivity contribution is 7.99. The van der Waals surface area contributed by atoms with Crippen molar-refractivity contribution in [3.8, 4) is 0 Å². The lowest BCUT2D eigenvalue weighted by Gasteiger charge is -2.07. The van der Waals surface area contributed by atoms with Crippen molar-refractivity contribution in [3.63, 3.8) is 0 Å². The van der Waals surface area contributed by atoms with Gasteiger partial charge in [-0.05, 0) is 31.5 Å². The van der Waals surface area contributed by atoms with E-state index in [2.05, 4.69) is 15.6 Å². The number of nitrogens with one attached hydrogen (secondary N) is 2. The van der Waals surface area contributed by atoms with Crippen LogP contribution >= 0.6 is 11.8 Å². The molecule has 1 aliphatic rings. The highest BCUT2D eigenvalue weighted by atomic mass is 32.2. The first kappa shape index (κ1) is 12.4. The number of nitrogens with zero attached hydrogens (tertiary/aromatic N) is 1. The minimum Gasteiger partial charge on any atom is -0.353 e. The van der Waals surface area contributed by atoms with E-state index >= 15 is 0 Å². The molecule has 0 aliphatic heterocycles. The van der Waals surface area contributed by atoms with Crippen molar-refractivity contribution in [2.24, 2.45) is 0 Å². The average molecular weight is 251 g/mol. The Balaban J connectivity index is 1.86. The van der Waals surface area contributed by atoms with Crippen LogP contribution in [0.2, 0.25) is 0 Å². The van der Waals surface area contributed by atoms with Crippen LogP contribution in [-0.4, -0.2) is 29.7 Å². The SMILES string of the molecule is CNCc1cccnc1SCC(=O)NC1CC1. The van der Waals surface area contributed by atoms with Gasteiger partial charge in [0.15, 0.2) is 0 Å². The highest BCUT2D eigenvalue weighted by Crippen LogP contribution is 2.21. The van der Waals surface area contributed by atoms with Crippen LogP contribution in [0.1, 0.15) is 18.4 Å². The van der Waals surface area contributed by atoms with E-state index in [-0.39, 0.29) is 5.91 Å². The van der Waals surface area contributed by atoms with Gasteiger partial charge in [-0.3, -0.25) is 4.79 Å². The first-order chi connectivity index (χ1) is 8.29. The molecule has 0 radical (unpaired) electrons. The molecule has 0 bridgehead atoms. The predicted molar refractivity (Wildman–Crippen MR) is 68.9 cm³/mol. The van der Waals surface area contributed by atoms with Gasteiger partial charge in [0, 0.05) is 18.8 Å². The quantitative estimate of drug-likeness (QED) is 0.745. The van der Waals surface area contributed by atoms with Gasteiger partial charge in [-0.15, -0.1) is 0 Å². The molecule has 0 unspecified atom stereocenters. The molecule has 0 aromatic carbocycles. The monoisotopic (exact) mass is 251 g/mol. The number of carbonyl (C=O) groups excluding carboxylic acids is 1. The number of carbonyl (C=O) groups is 1. The van der Waals surface area contributed by atoms with Gasteiger partial charge in [0.1, 0.15) is 5.03 Å². The van der Waals surface area contributed by atoms with E-state index in [1.807, 2.05) is 19.2 Å². The number of thioether (sulfide) groups is 1. The third-order valence-electron chi connectivity index (χ3n) is 2.50. The summed E-state index contributed by atoms with van der Waals surface area (Å²) in [5.41, 5.74) is 1.14. The van der Waals surface area contributed by atoms with E-state index in [4.69, 9.17) is 0 Å². The Hall–Kier alpha value is -1.07. The lowest BCUT2D eigenvalue weighted by Crippen LogP contribution is -2.27. The van der Waals surface area contributed by atoms with Gasteiger partial charge >= 0.3 is 0 Å². The molecule has 5 heteroatoms. The summed E-state index contributed by atoms with van der Waals surface area (Å²) in [6.45, 7) is 0.778. The lowest BCUT2D eigenvalue weighted by molar-refractivity contribution is -0.118.